The maximum Gasteiger partial charge on any atom is 0.416 e. The van der Waals surface area contributed by atoms with Crippen LogP contribution in [0.4, 0.5) is 13.2 Å². The highest BCUT2D eigenvalue weighted by Gasteiger charge is 2.30. The Balaban J connectivity index is 2.00. The first-order valence-electron chi connectivity index (χ1n) is 7.65. The van der Waals surface area contributed by atoms with Gasteiger partial charge >= 0.3 is 6.18 Å². The van der Waals surface area contributed by atoms with Gasteiger partial charge < -0.3 is 4.74 Å². The molecule has 2 rings (SSSR count). The van der Waals surface area contributed by atoms with E-state index < -0.39 is 11.7 Å². The van der Waals surface area contributed by atoms with Gasteiger partial charge in [-0.1, -0.05) is 50.2 Å². The summed E-state index contributed by atoms with van der Waals surface area (Å²) in [6.07, 6.45) is -4.50. The molecule has 23 heavy (non-hydrogen) atoms. The Hall–Kier alpha value is -1.81. The van der Waals surface area contributed by atoms with Crippen molar-refractivity contribution in [2.75, 3.05) is 0 Å². The highest BCUT2D eigenvalue weighted by Crippen LogP contribution is 2.30. The minimum absolute atomic E-state index is 0.150. The van der Waals surface area contributed by atoms with Gasteiger partial charge in [-0.2, -0.15) is 13.2 Å². The molecule has 0 fully saturated rings. The van der Waals surface area contributed by atoms with E-state index in [-0.39, 0.29) is 12.7 Å². The number of halogens is 3. The molecule has 2 aromatic rings. The van der Waals surface area contributed by atoms with Crippen LogP contribution in [0.2, 0.25) is 0 Å². The van der Waals surface area contributed by atoms with Gasteiger partial charge in [-0.15, -0.1) is 0 Å². The van der Waals surface area contributed by atoms with Gasteiger partial charge in [0.2, 0.25) is 0 Å². The number of ether oxygens (including phenoxy) is 1. The molecule has 1 atom stereocenters. The Morgan fingerprint density at radius 3 is 2.09 bits per heavy atom. The zero-order chi connectivity index (χ0) is 17.0. The number of rotatable bonds is 5. The van der Waals surface area contributed by atoms with Crippen molar-refractivity contribution in [3.8, 4) is 0 Å². The molecule has 0 N–H and O–H groups in total. The van der Waals surface area contributed by atoms with Gasteiger partial charge in [-0.25, -0.2) is 0 Å². The molecule has 1 nitrogen and oxygen atoms in total. The molecule has 0 radical (unpaired) electrons. The molecule has 0 aromatic heterocycles. The number of hydrogen-bond donors (Lipinski definition) is 0. The summed E-state index contributed by atoms with van der Waals surface area (Å²) in [5.74, 6) is 0.463. The van der Waals surface area contributed by atoms with Gasteiger partial charge in [0, 0.05) is 0 Å². The molecule has 1 unspecified atom stereocenters. The van der Waals surface area contributed by atoms with Crippen LogP contribution in [0.3, 0.4) is 0 Å². The summed E-state index contributed by atoms with van der Waals surface area (Å²) in [6.45, 7) is 6.31. The van der Waals surface area contributed by atoms with Crippen LogP contribution in [0.5, 0.6) is 0 Å². The van der Waals surface area contributed by atoms with Gasteiger partial charge in [-0.3, -0.25) is 0 Å². The van der Waals surface area contributed by atoms with Crippen molar-refractivity contribution in [3.63, 3.8) is 0 Å². The van der Waals surface area contributed by atoms with Crippen molar-refractivity contribution in [1.82, 2.24) is 0 Å². The molecule has 4 heteroatoms. The van der Waals surface area contributed by atoms with E-state index in [9.17, 15) is 13.2 Å². The third kappa shape index (κ3) is 4.83. The Morgan fingerprint density at radius 2 is 1.52 bits per heavy atom. The van der Waals surface area contributed by atoms with E-state index in [0.717, 1.165) is 17.7 Å². The van der Waals surface area contributed by atoms with Crippen molar-refractivity contribution in [3.05, 3.63) is 70.8 Å². The average Bonchev–Trinajstić information content (AvgIpc) is 2.52. The maximum atomic E-state index is 12.7. The van der Waals surface area contributed by atoms with E-state index in [1.807, 2.05) is 19.1 Å². The SMILES string of the molecule is CC(C)c1ccc(C(C)OCc2cccc(C(F)(F)F)c2)cc1. The highest BCUT2D eigenvalue weighted by molar-refractivity contribution is 5.27. The van der Waals surface area contributed by atoms with E-state index >= 15 is 0 Å². The fourth-order valence-corrected chi connectivity index (χ4v) is 2.31. The lowest BCUT2D eigenvalue weighted by Gasteiger charge is -2.15. The lowest BCUT2D eigenvalue weighted by atomic mass is 10.0. The van der Waals surface area contributed by atoms with Gasteiger partial charge in [0.05, 0.1) is 18.3 Å². The third-order valence-electron chi connectivity index (χ3n) is 3.83. The standard InChI is InChI=1S/C19H21F3O/c1-13(2)16-7-9-17(10-8-16)14(3)23-12-15-5-4-6-18(11-15)19(20,21)22/h4-11,13-14H,12H2,1-3H3. The molecule has 0 aliphatic rings. The van der Waals surface area contributed by atoms with Crippen LogP contribution in [0.15, 0.2) is 48.5 Å². The second-order valence-corrected chi connectivity index (χ2v) is 5.97. The fourth-order valence-electron chi connectivity index (χ4n) is 2.31. The molecule has 0 saturated heterocycles. The molecular weight excluding hydrogens is 301 g/mol. The second-order valence-electron chi connectivity index (χ2n) is 5.97. The number of hydrogen-bond acceptors (Lipinski definition) is 1. The van der Waals surface area contributed by atoms with Crippen LogP contribution in [-0.4, -0.2) is 0 Å². The smallest absolute Gasteiger partial charge is 0.369 e. The minimum atomic E-state index is -4.33. The summed E-state index contributed by atoms with van der Waals surface area (Å²) in [7, 11) is 0. The average molecular weight is 322 g/mol. The molecule has 0 spiro atoms. The van der Waals surface area contributed by atoms with Gasteiger partial charge in [0.1, 0.15) is 0 Å². The topological polar surface area (TPSA) is 9.23 Å². The van der Waals surface area contributed by atoms with Crippen molar-refractivity contribution >= 4 is 0 Å². The van der Waals surface area contributed by atoms with Crippen molar-refractivity contribution in [2.45, 2.75) is 45.6 Å². The summed E-state index contributed by atoms with van der Waals surface area (Å²) < 4.78 is 43.8. The van der Waals surface area contributed by atoms with E-state index in [4.69, 9.17) is 4.74 Å². The van der Waals surface area contributed by atoms with Gasteiger partial charge in [-0.05, 0) is 41.7 Å². The van der Waals surface area contributed by atoms with Crippen LogP contribution in [0, 0.1) is 0 Å². The van der Waals surface area contributed by atoms with E-state index in [2.05, 4.69) is 26.0 Å². The van der Waals surface area contributed by atoms with E-state index in [0.29, 0.717) is 11.5 Å². The lowest BCUT2D eigenvalue weighted by molar-refractivity contribution is -0.137. The first-order chi connectivity index (χ1) is 10.8. The predicted molar refractivity (Wildman–Crippen MR) is 85.2 cm³/mol. The largest absolute Gasteiger partial charge is 0.416 e. The zero-order valence-electron chi connectivity index (χ0n) is 13.5. The quantitative estimate of drug-likeness (QED) is 0.645. The summed E-state index contributed by atoms with van der Waals surface area (Å²) in [4.78, 5) is 0. The van der Waals surface area contributed by atoms with Crippen LogP contribution in [0.25, 0.3) is 0 Å². The summed E-state index contributed by atoms with van der Waals surface area (Å²) in [5.41, 5.74) is 2.14. The molecule has 0 heterocycles. The Labute approximate surface area is 135 Å². The highest BCUT2D eigenvalue weighted by atomic mass is 19.4. The van der Waals surface area contributed by atoms with Crippen LogP contribution in [0.1, 0.15) is 55.0 Å². The second kappa shape index (κ2) is 7.18. The van der Waals surface area contributed by atoms with Crippen molar-refractivity contribution in [1.29, 1.82) is 0 Å². The summed E-state index contributed by atoms with van der Waals surface area (Å²) in [6, 6.07) is 13.4. The minimum Gasteiger partial charge on any atom is -0.369 e. The number of alkyl halides is 3. The van der Waals surface area contributed by atoms with Crippen molar-refractivity contribution < 1.29 is 17.9 Å². The molecule has 0 aliphatic carbocycles. The molecular formula is C19H21F3O. The Kier molecular flexibility index (Phi) is 5.47. The van der Waals surface area contributed by atoms with Crippen molar-refractivity contribution in [2.24, 2.45) is 0 Å². The van der Waals surface area contributed by atoms with Gasteiger partial charge in [0.15, 0.2) is 0 Å². The normalized spacial score (nSPS) is 13.3. The van der Waals surface area contributed by atoms with Crippen LogP contribution in [-0.2, 0) is 17.5 Å². The molecule has 0 aliphatic heterocycles. The van der Waals surface area contributed by atoms with Crippen LogP contribution >= 0.6 is 0 Å². The molecule has 2 aromatic carbocycles. The molecule has 124 valence electrons. The Morgan fingerprint density at radius 1 is 0.913 bits per heavy atom. The first-order valence-corrected chi connectivity index (χ1v) is 7.65. The summed E-state index contributed by atoms with van der Waals surface area (Å²) >= 11 is 0. The zero-order valence-corrected chi connectivity index (χ0v) is 13.5. The Bertz CT molecular complexity index is 630. The molecule has 0 bridgehead atoms. The predicted octanol–water partition coefficient (Wildman–Crippen LogP) is 6.11. The first kappa shape index (κ1) is 17.5. The lowest BCUT2D eigenvalue weighted by Crippen LogP contribution is -2.06. The third-order valence-corrected chi connectivity index (χ3v) is 3.83. The van der Waals surface area contributed by atoms with E-state index in [1.54, 1.807) is 6.07 Å². The van der Waals surface area contributed by atoms with E-state index in [1.165, 1.54) is 11.6 Å². The fraction of sp³-hybridized carbons (Fsp3) is 0.368. The molecule has 0 saturated carbocycles. The van der Waals surface area contributed by atoms with Gasteiger partial charge in [0.25, 0.3) is 0 Å². The van der Waals surface area contributed by atoms with Crippen LogP contribution < -0.4 is 0 Å². The molecule has 0 amide bonds. The maximum absolute atomic E-state index is 12.7. The number of benzene rings is 2. The summed E-state index contributed by atoms with van der Waals surface area (Å²) in [5, 5.41) is 0. The monoisotopic (exact) mass is 322 g/mol.